The van der Waals surface area contributed by atoms with E-state index < -0.39 is 0 Å². The van der Waals surface area contributed by atoms with Crippen LogP contribution in [0.5, 0.6) is 0 Å². The highest BCUT2D eigenvalue weighted by molar-refractivity contribution is 6.31. The standard InChI is InChI=1S/C16H28ClN3/c1-4-14-16(17)15(20(3)19-14)10-13(11-18-5-2)12-8-6-7-9-12/h12-13,18H,4-11H2,1-3H3. The molecule has 1 unspecified atom stereocenters. The average molecular weight is 298 g/mol. The molecule has 0 bridgehead atoms. The van der Waals surface area contributed by atoms with Crippen LogP contribution in [0.3, 0.4) is 0 Å². The maximum absolute atomic E-state index is 6.51. The number of halogens is 1. The Bertz CT molecular complexity index is 422. The maximum atomic E-state index is 6.51. The van der Waals surface area contributed by atoms with Crippen LogP contribution in [0.1, 0.15) is 50.9 Å². The van der Waals surface area contributed by atoms with Gasteiger partial charge in [0.1, 0.15) is 0 Å². The summed E-state index contributed by atoms with van der Waals surface area (Å²) in [7, 11) is 2.03. The Morgan fingerprint density at radius 2 is 2.05 bits per heavy atom. The molecule has 1 aromatic heterocycles. The molecule has 1 aliphatic carbocycles. The molecule has 4 heteroatoms. The number of hydrogen-bond acceptors (Lipinski definition) is 2. The lowest BCUT2D eigenvalue weighted by Crippen LogP contribution is -2.29. The van der Waals surface area contributed by atoms with Gasteiger partial charge < -0.3 is 5.32 Å². The van der Waals surface area contributed by atoms with E-state index in [2.05, 4.69) is 24.3 Å². The molecule has 20 heavy (non-hydrogen) atoms. The summed E-state index contributed by atoms with van der Waals surface area (Å²) in [6, 6.07) is 0. The normalized spacial score (nSPS) is 17.8. The van der Waals surface area contributed by atoms with Crippen molar-refractivity contribution in [2.24, 2.45) is 18.9 Å². The third kappa shape index (κ3) is 3.56. The molecule has 0 spiro atoms. The molecule has 0 aromatic carbocycles. The van der Waals surface area contributed by atoms with Crippen LogP contribution in [-0.2, 0) is 19.9 Å². The molecular weight excluding hydrogens is 270 g/mol. The Balaban J connectivity index is 2.11. The van der Waals surface area contributed by atoms with Gasteiger partial charge in [-0.15, -0.1) is 0 Å². The Morgan fingerprint density at radius 1 is 1.35 bits per heavy atom. The fraction of sp³-hybridized carbons (Fsp3) is 0.812. The first-order valence-electron chi connectivity index (χ1n) is 8.08. The van der Waals surface area contributed by atoms with Crippen molar-refractivity contribution in [1.29, 1.82) is 0 Å². The molecule has 0 amide bonds. The van der Waals surface area contributed by atoms with Crippen molar-refractivity contribution in [2.75, 3.05) is 13.1 Å². The summed E-state index contributed by atoms with van der Waals surface area (Å²) in [6.45, 7) is 6.44. The number of aromatic nitrogens is 2. The minimum atomic E-state index is 0.690. The van der Waals surface area contributed by atoms with Crippen LogP contribution in [0.15, 0.2) is 0 Å². The zero-order valence-corrected chi connectivity index (χ0v) is 13.8. The predicted molar refractivity (Wildman–Crippen MR) is 85.3 cm³/mol. The van der Waals surface area contributed by atoms with Crippen LogP contribution in [0.2, 0.25) is 5.02 Å². The molecule has 0 saturated heterocycles. The van der Waals surface area contributed by atoms with Crippen molar-refractivity contribution in [3.05, 3.63) is 16.4 Å². The summed E-state index contributed by atoms with van der Waals surface area (Å²) in [4.78, 5) is 0. The van der Waals surface area contributed by atoms with Crippen molar-refractivity contribution in [1.82, 2.24) is 15.1 Å². The first kappa shape index (κ1) is 15.8. The van der Waals surface area contributed by atoms with Crippen molar-refractivity contribution in [3.63, 3.8) is 0 Å². The largest absolute Gasteiger partial charge is 0.317 e. The quantitative estimate of drug-likeness (QED) is 0.833. The Labute approximate surface area is 128 Å². The van der Waals surface area contributed by atoms with E-state index in [4.69, 9.17) is 11.6 Å². The summed E-state index contributed by atoms with van der Waals surface area (Å²) < 4.78 is 2.00. The zero-order valence-electron chi connectivity index (χ0n) is 13.1. The van der Waals surface area contributed by atoms with Crippen LogP contribution >= 0.6 is 11.6 Å². The van der Waals surface area contributed by atoms with E-state index in [0.717, 1.165) is 42.6 Å². The summed E-state index contributed by atoms with van der Waals surface area (Å²) in [5, 5.41) is 8.98. The van der Waals surface area contributed by atoms with Gasteiger partial charge >= 0.3 is 0 Å². The van der Waals surface area contributed by atoms with Gasteiger partial charge in [-0.25, -0.2) is 0 Å². The van der Waals surface area contributed by atoms with E-state index in [9.17, 15) is 0 Å². The summed E-state index contributed by atoms with van der Waals surface area (Å²) >= 11 is 6.51. The van der Waals surface area contributed by atoms with Crippen LogP contribution < -0.4 is 5.32 Å². The molecule has 1 heterocycles. The summed E-state index contributed by atoms with van der Waals surface area (Å²) in [5.41, 5.74) is 2.26. The van der Waals surface area contributed by atoms with Crippen molar-refractivity contribution in [2.45, 2.75) is 52.4 Å². The highest BCUT2D eigenvalue weighted by atomic mass is 35.5. The molecule has 0 radical (unpaired) electrons. The monoisotopic (exact) mass is 297 g/mol. The molecule has 2 rings (SSSR count). The van der Waals surface area contributed by atoms with Gasteiger partial charge in [-0.2, -0.15) is 5.10 Å². The minimum Gasteiger partial charge on any atom is -0.317 e. The van der Waals surface area contributed by atoms with Gasteiger partial charge in [0.25, 0.3) is 0 Å². The van der Waals surface area contributed by atoms with Crippen molar-refractivity contribution < 1.29 is 0 Å². The second-order valence-corrected chi connectivity index (χ2v) is 6.38. The first-order valence-corrected chi connectivity index (χ1v) is 8.46. The molecule has 1 aromatic rings. The van der Waals surface area contributed by atoms with Gasteiger partial charge in [0, 0.05) is 7.05 Å². The Kier molecular flexibility index (Phi) is 5.91. The minimum absolute atomic E-state index is 0.690. The van der Waals surface area contributed by atoms with Crippen molar-refractivity contribution in [3.8, 4) is 0 Å². The fourth-order valence-corrected chi connectivity index (χ4v) is 3.82. The van der Waals surface area contributed by atoms with Crippen LogP contribution in [0, 0.1) is 11.8 Å². The fourth-order valence-electron chi connectivity index (χ4n) is 3.45. The molecule has 1 fully saturated rings. The van der Waals surface area contributed by atoms with Gasteiger partial charge in [-0.3, -0.25) is 4.68 Å². The van der Waals surface area contributed by atoms with Gasteiger partial charge in [0.2, 0.25) is 0 Å². The molecular formula is C16H28ClN3. The van der Waals surface area contributed by atoms with Gasteiger partial charge in [-0.1, -0.05) is 51.1 Å². The molecule has 1 N–H and O–H groups in total. The number of aryl methyl sites for hydroxylation is 2. The van der Waals surface area contributed by atoms with E-state index >= 15 is 0 Å². The third-order valence-corrected chi connectivity index (χ3v) is 5.12. The molecule has 1 aliphatic rings. The lowest BCUT2D eigenvalue weighted by molar-refractivity contribution is 0.318. The smallest absolute Gasteiger partial charge is 0.0849 e. The maximum Gasteiger partial charge on any atom is 0.0849 e. The van der Waals surface area contributed by atoms with Crippen LogP contribution in [-0.4, -0.2) is 22.9 Å². The van der Waals surface area contributed by atoms with Crippen molar-refractivity contribution >= 4 is 11.6 Å². The SMILES string of the molecule is CCNCC(Cc1c(Cl)c(CC)nn1C)C1CCCC1. The van der Waals surface area contributed by atoms with E-state index in [-0.39, 0.29) is 0 Å². The Morgan fingerprint density at radius 3 is 2.60 bits per heavy atom. The van der Waals surface area contributed by atoms with Gasteiger partial charge in [-0.05, 0) is 37.8 Å². The Hall–Kier alpha value is -0.540. The van der Waals surface area contributed by atoms with Crippen LogP contribution in [0.4, 0.5) is 0 Å². The lowest BCUT2D eigenvalue weighted by Gasteiger charge is -2.24. The topological polar surface area (TPSA) is 29.9 Å². The number of nitrogens with one attached hydrogen (secondary N) is 1. The van der Waals surface area contributed by atoms with E-state index in [0.29, 0.717) is 5.92 Å². The molecule has 1 atom stereocenters. The first-order chi connectivity index (χ1) is 9.67. The van der Waals surface area contributed by atoms with Crippen LogP contribution in [0.25, 0.3) is 0 Å². The third-order valence-electron chi connectivity index (χ3n) is 4.68. The highest BCUT2D eigenvalue weighted by Gasteiger charge is 2.27. The molecule has 114 valence electrons. The average Bonchev–Trinajstić information content (AvgIpc) is 3.05. The number of rotatable bonds is 7. The summed E-state index contributed by atoms with van der Waals surface area (Å²) in [5.74, 6) is 1.54. The second-order valence-electron chi connectivity index (χ2n) is 6.00. The van der Waals surface area contributed by atoms with Gasteiger partial charge in [0.15, 0.2) is 0 Å². The number of nitrogens with zero attached hydrogens (tertiary/aromatic N) is 2. The number of hydrogen-bond donors (Lipinski definition) is 1. The zero-order chi connectivity index (χ0) is 14.5. The highest BCUT2D eigenvalue weighted by Crippen LogP contribution is 2.34. The predicted octanol–water partition coefficient (Wildman–Crippen LogP) is 3.59. The van der Waals surface area contributed by atoms with E-state index in [1.165, 1.54) is 31.4 Å². The van der Waals surface area contributed by atoms with E-state index in [1.807, 2.05) is 11.7 Å². The molecule has 1 saturated carbocycles. The second kappa shape index (κ2) is 7.46. The van der Waals surface area contributed by atoms with Gasteiger partial charge in [0.05, 0.1) is 16.4 Å². The molecule has 3 nitrogen and oxygen atoms in total. The van der Waals surface area contributed by atoms with E-state index in [1.54, 1.807) is 0 Å². The summed E-state index contributed by atoms with van der Waals surface area (Å²) in [6.07, 6.45) is 7.52. The molecule has 0 aliphatic heterocycles. The lowest BCUT2D eigenvalue weighted by atomic mass is 9.86.